The van der Waals surface area contributed by atoms with Gasteiger partial charge in [0.1, 0.15) is 18.3 Å². The lowest BCUT2D eigenvalue weighted by molar-refractivity contribution is -0.140. The second kappa shape index (κ2) is 13.7. The number of carbonyl (C=O) groups excluding carboxylic acids is 2. The number of benzene rings is 3. The minimum absolute atomic E-state index is 0.0530. The Morgan fingerprint density at radius 3 is 2.14 bits per heavy atom. The monoisotopic (exact) mass is 697 g/mol. The number of hydrogen-bond acceptors (Lipinski definition) is 5. The molecule has 0 aliphatic heterocycles. The van der Waals surface area contributed by atoms with Gasteiger partial charge in [-0.2, -0.15) is 0 Å². The van der Waals surface area contributed by atoms with Crippen LogP contribution in [0.5, 0.6) is 5.75 Å². The van der Waals surface area contributed by atoms with Gasteiger partial charge in [0.25, 0.3) is 10.0 Å². The van der Waals surface area contributed by atoms with E-state index in [4.69, 9.17) is 27.9 Å². The lowest BCUT2D eigenvalue weighted by Gasteiger charge is -2.34. The van der Waals surface area contributed by atoms with E-state index in [0.29, 0.717) is 25.8 Å². The molecule has 1 atom stereocenters. The molecule has 1 N–H and O–H groups in total. The van der Waals surface area contributed by atoms with Crippen molar-refractivity contribution in [3.05, 3.63) is 86.3 Å². The predicted molar refractivity (Wildman–Crippen MR) is 171 cm³/mol. The van der Waals surface area contributed by atoms with Gasteiger partial charge in [-0.05, 0) is 93.0 Å². The topological polar surface area (TPSA) is 96.0 Å². The zero-order valence-electron chi connectivity index (χ0n) is 24.2. The van der Waals surface area contributed by atoms with Crippen molar-refractivity contribution >= 4 is 66.7 Å². The zero-order valence-corrected chi connectivity index (χ0v) is 28.2. The van der Waals surface area contributed by atoms with Crippen molar-refractivity contribution in [1.82, 2.24) is 10.2 Å². The Kier molecular flexibility index (Phi) is 11.0. The van der Waals surface area contributed by atoms with Crippen LogP contribution in [0.4, 0.5) is 5.69 Å². The Labute approximate surface area is 266 Å². The summed E-state index contributed by atoms with van der Waals surface area (Å²) in [6.45, 7) is 8.22. The van der Waals surface area contributed by atoms with Crippen LogP contribution in [-0.2, 0) is 26.2 Å². The van der Waals surface area contributed by atoms with Crippen LogP contribution >= 0.6 is 39.1 Å². The number of aryl methyl sites for hydroxylation is 1. The first-order valence-electron chi connectivity index (χ1n) is 13.0. The van der Waals surface area contributed by atoms with E-state index < -0.39 is 40.0 Å². The quantitative estimate of drug-likeness (QED) is 0.258. The molecule has 3 aromatic carbocycles. The van der Waals surface area contributed by atoms with Gasteiger partial charge in [-0.15, -0.1) is 0 Å². The van der Waals surface area contributed by atoms with E-state index >= 15 is 0 Å². The SMILES string of the molecule is COc1ccc(S(=O)(=O)N(CC(=O)N(Cc2c(Cl)cccc2Cl)[C@H](C)C(=O)NC(C)(C)C)c2ccc(C)cc2)cc1Br. The van der Waals surface area contributed by atoms with Crippen LogP contribution in [0.15, 0.2) is 70.0 Å². The van der Waals surface area contributed by atoms with Crippen LogP contribution in [-0.4, -0.2) is 50.4 Å². The maximum atomic E-state index is 14.1. The smallest absolute Gasteiger partial charge is 0.264 e. The molecule has 0 bridgehead atoms. The molecule has 0 fully saturated rings. The summed E-state index contributed by atoms with van der Waals surface area (Å²) >= 11 is 16.2. The summed E-state index contributed by atoms with van der Waals surface area (Å²) in [4.78, 5) is 28.6. The largest absolute Gasteiger partial charge is 0.496 e. The molecule has 0 saturated carbocycles. The highest BCUT2D eigenvalue weighted by atomic mass is 79.9. The average Bonchev–Trinajstić information content (AvgIpc) is 2.90. The Bertz CT molecular complexity index is 1540. The Hall–Kier alpha value is -2.79. The molecular formula is C30H34BrCl2N3O5S. The van der Waals surface area contributed by atoms with Gasteiger partial charge in [-0.3, -0.25) is 13.9 Å². The van der Waals surface area contributed by atoms with Gasteiger partial charge in [0, 0.05) is 27.7 Å². The van der Waals surface area contributed by atoms with Crippen LogP contribution in [0, 0.1) is 6.92 Å². The molecule has 8 nitrogen and oxygen atoms in total. The molecule has 12 heteroatoms. The maximum Gasteiger partial charge on any atom is 0.264 e. The molecule has 0 aliphatic rings. The van der Waals surface area contributed by atoms with Gasteiger partial charge in [-0.25, -0.2) is 8.42 Å². The number of carbonyl (C=O) groups is 2. The number of amides is 2. The molecule has 3 aromatic rings. The minimum Gasteiger partial charge on any atom is -0.496 e. The summed E-state index contributed by atoms with van der Waals surface area (Å²) in [5, 5.41) is 3.52. The molecule has 2 amide bonds. The standard InChI is InChI=1S/C30H34BrCl2N3O5S/c1-19-10-12-21(13-11-19)36(42(39,40)22-14-15-27(41-6)24(31)16-22)18-28(37)35(20(2)29(38)34-30(3,4)5)17-23-25(32)8-7-9-26(23)33/h7-16,20H,17-18H2,1-6H3,(H,34,38)/t20-/m1/s1. The van der Waals surface area contributed by atoms with Crippen molar-refractivity contribution in [2.75, 3.05) is 18.0 Å². The van der Waals surface area contributed by atoms with Crippen LogP contribution in [0.3, 0.4) is 0 Å². The number of hydrogen-bond donors (Lipinski definition) is 1. The minimum atomic E-state index is -4.26. The molecule has 42 heavy (non-hydrogen) atoms. The highest BCUT2D eigenvalue weighted by Crippen LogP contribution is 2.32. The third kappa shape index (κ3) is 8.18. The normalized spacial score (nSPS) is 12.4. The number of anilines is 1. The molecule has 3 rings (SSSR count). The average molecular weight is 699 g/mol. The van der Waals surface area contributed by atoms with Gasteiger partial charge >= 0.3 is 0 Å². The number of nitrogens with one attached hydrogen (secondary N) is 1. The van der Waals surface area contributed by atoms with Crippen molar-refractivity contribution in [1.29, 1.82) is 0 Å². The highest BCUT2D eigenvalue weighted by Gasteiger charge is 2.34. The first kappa shape index (κ1) is 33.7. The van der Waals surface area contributed by atoms with E-state index in [0.717, 1.165) is 9.87 Å². The third-order valence-corrected chi connectivity index (χ3v) is 9.47. The van der Waals surface area contributed by atoms with Gasteiger partial charge in [0.15, 0.2) is 0 Å². The predicted octanol–water partition coefficient (Wildman–Crippen LogP) is 6.60. The fourth-order valence-corrected chi connectivity index (χ4v) is 6.74. The Morgan fingerprint density at radius 2 is 1.62 bits per heavy atom. The summed E-state index contributed by atoms with van der Waals surface area (Å²) in [5.41, 5.74) is 1.06. The second-order valence-electron chi connectivity index (χ2n) is 10.8. The highest BCUT2D eigenvalue weighted by molar-refractivity contribution is 9.10. The molecule has 0 aliphatic carbocycles. The molecular weight excluding hydrogens is 665 g/mol. The van der Waals surface area contributed by atoms with E-state index in [2.05, 4.69) is 21.2 Å². The van der Waals surface area contributed by atoms with Crippen molar-refractivity contribution in [3.63, 3.8) is 0 Å². The van der Waals surface area contributed by atoms with E-state index in [9.17, 15) is 18.0 Å². The van der Waals surface area contributed by atoms with Crippen molar-refractivity contribution < 1.29 is 22.7 Å². The van der Waals surface area contributed by atoms with Crippen molar-refractivity contribution in [3.8, 4) is 5.75 Å². The van der Waals surface area contributed by atoms with E-state index in [1.165, 1.54) is 30.2 Å². The van der Waals surface area contributed by atoms with Crippen molar-refractivity contribution in [2.45, 2.75) is 57.6 Å². The number of rotatable bonds is 10. The van der Waals surface area contributed by atoms with E-state index in [1.54, 1.807) is 49.4 Å². The van der Waals surface area contributed by atoms with Crippen LogP contribution in [0.1, 0.15) is 38.8 Å². The van der Waals surface area contributed by atoms with Crippen LogP contribution in [0.2, 0.25) is 10.0 Å². The summed E-state index contributed by atoms with van der Waals surface area (Å²) in [6.07, 6.45) is 0. The fourth-order valence-electron chi connectivity index (χ4n) is 4.08. The third-order valence-electron chi connectivity index (χ3n) is 6.37. The maximum absolute atomic E-state index is 14.1. The lowest BCUT2D eigenvalue weighted by atomic mass is 10.1. The van der Waals surface area contributed by atoms with Crippen LogP contribution in [0.25, 0.3) is 0 Å². The fraction of sp³-hybridized carbons (Fsp3) is 0.333. The molecule has 0 saturated heterocycles. The first-order valence-corrected chi connectivity index (χ1v) is 16.0. The van der Waals surface area contributed by atoms with Gasteiger partial charge in [-0.1, -0.05) is 47.0 Å². The molecule has 0 radical (unpaired) electrons. The number of ether oxygens (including phenoxy) is 1. The zero-order chi connectivity index (χ0) is 31.4. The van der Waals surface area contributed by atoms with E-state index in [1.807, 2.05) is 27.7 Å². The van der Waals surface area contributed by atoms with E-state index in [-0.39, 0.29) is 17.1 Å². The van der Waals surface area contributed by atoms with Gasteiger partial charge < -0.3 is 15.0 Å². The molecule has 0 aromatic heterocycles. The molecule has 0 spiro atoms. The Morgan fingerprint density at radius 1 is 1.02 bits per heavy atom. The van der Waals surface area contributed by atoms with Gasteiger partial charge in [0.05, 0.1) is 22.2 Å². The first-order chi connectivity index (χ1) is 19.5. The summed E-state index contributed by atoms with van der Waals surface area (Å²) in [5.74, 6) is -0.587. The number of halogens is 3. The van der Waals surface area contributed by atoms with Gasteiger partial charge in [0.2, 0.25) is 11.8 Å². The number of sulfonamides is 1. The number of nitrogens with zero attached hydrogens (tertiary/aromatic N) is 2. The van der Waals surface area contributed by atoms with Crippen LogP contribution < -0.4 is 14.4 Å². The lowest BCUT2D eigenvalue weighted by Crippen LogP contribution is -2.54. The summed E-state index contributed by atoms with van der Waals surface area (Å²) in [7, 11) is -2.78. The number of methoxy groups -OCH3 is 1. The summed E-state index contributed by atoms with van der Waals surface area (Å²) < 4.78 is 34.8. The molecule has 226 valence electrons. The summed E-state index contributed by atoms with van der Waals surface area (Å²) in [6, 6.07) is 15.1. The second-order valence-corrected chi connectivity index (χ2v) is 14.3. The Balaban J connectivity index is 2.10. The van der Waals surface area contributed by atoms with Crippen molar-refractivity contribution in [2.24, 2.45) is 0 Å². The molecule has 0 heterocycles. The molecule has 0 unspecified atom stereocenters.